The minimum Gasteiger partial charge on any atom is -0.487 e. The number of hydrogen-bond acceptors (Lipinski definition) is 3. The zero-order chi connectivity index (χ0) is 11.4. The molecule has 0 fully saturated rings. The minimum absolute atomic E-state index is 0.0852. The smallest absolute Gasteiger partial charge is 0.176 e. The van der Waals surface area contributed by atoms with Gasteiger partial charge in [-0.3, -0.25) is 0 Å². The highest BCUT2D eigenvalue weighted by Gasteiger charge is 2.21. The summed E-state index contributed by atoms with van der Waals surface area (Å²) in [7, 11) is 0.390. The fraction of sp³-hybridized carbons (Fsp3) is 0.500. The molecule has 1 heterocycles. The summed E-state index contributed by atoms with van der Waals surface area (Å²) < 4.78 is 19.0. The van der Waals surface area contributed by atoms with Crippen LogP contribution in [-0.2, 0) is 4.74 Å². The zero-order valence-electron chi connectivity index (χ0n) is 7.71. The van der Waals surface area contributed by atoms with Gasteiger partial charge < -0.3 is 15.6 Å². The molecule has 0 saturated heterocycles. The van der Waals surface area contributed by atoms with Gasteiger partial charge >= 0.3 is 0 Å². The second kappa shape index (κ2) is 6.16. The number of nitrogens with two attached hydrogens (primary N) is 1. The lowest BCUT2D eigenvalue weighted by Crippen LogP contribution is -2.25. The number of hydrogen-bond donors (Lipinski definition) is 2. The molecule has 3 nitrogen and oxygen atoms in total. The van der Waals surface area contributed by atoms with Gasteiger partial charge in [0, 0.05) is 0 Å². The van der Waals surface area contributed by atoms with Gasteiger partial charge in [-0.25, -0.2) is 4.39 Å². The maximum absolute atomic E-state index is 13.6. The maximum Gasteiger partial charge on any atom is 0.176 e. The Hall–Kier alpha value is 0.330. The Labute approximate surface area is 102 Å². The topological polar surface area (TPSA) is 55.5 Å². The van der Waals surface area contributed by atoms with E-state index in [0.717, 1.165) is 0 Å². The van der Waals surface area contributed by atoms with E-state index < -0.39 is 12.1 Å². The van der Waals surface area contributed by atoms with E-state index in [0.29, 0.717) is 14.7 Å². The molecular weight excluding hydrogens is 307 g/mol. The Bertz CT molecular complexity index is 298. The number of ether oxygens (including phenoxy) is 1. The van der Waals surface area contributed by atoms with Crippen molar-refractivity contribution in [3.05, 3.63) is 22.1 Å². The fourth-order valence-corrected chi connectivity index (χ4v) is 2.82. The third kappa shape index (κ3) is 4.00. The molecule has 3 atom stereocenters. The quantitative estimate of drug-likeness (QED) is 0.475. The van der Waals surface area contributed by atoms with Crippen molar-refractivity contribution in [2.75, 3.05) is 12.8 Å². The number of allylic oxidation sites excluding steroid dienone is 3. The standard InChI is InChI=1S/C8H11BrClFNO2P/c9-6-7(11)4(14-3-5(12)13)1-2-15-8(6)10/h1,5,8,13,15H,2-3,12H2. The van der Waals surface area contributed by atoms with E-state index in [2.05, 4.69) is 15.9 Å². The summed E-state index contributed by atoms with van der Waals surface area (Å²) in [4.78, 5) is 0. The first kappa shape index (κ1) is 13.4. The highest BCUT2D eigenvalue weighted by Crippen LogP contribution is 2.39. The molecule has 0 radical (unpaired) electrons. The molecule has 3 unspecified atom stereocenters. The summed E-state index contributed by atoms with van der Waals surface area (Å²) in [6.45, 7) is -0.143. The van der Waals surface area contributed by atoms with Crippen LogP contribution in [0.1, 0.15) is 0 Å². The molecule has 3 N–H and O–H groups in total. The summed E-state index contributed by atoms with van der Waals surface area (Å²) in [6.07, 6.45) is 1.14. The molecule has 0 aliphatic carbocycles. The van der Waals surface area contributed by atoms with Gasteiger partial charge in [0.2, 0.25) is 0 Å². The second-order valence-electron chi connectivity index (χ2n) is 2.88. The van der Waals surface area contributed by atoms with Gasteiger partial charge in [0.15, 0.2) is 11.6 Å². The Balaban J connectivity index is 2.73. The van der Waals surface area contributed by atoms with E-state index in [1.807, 2.05) is 0 Å². The van der Waals surface area contributed by atoms with Crippen molar-refractivity contribution in [1.82, 2.24) is 0 Å². The summed E-state index contributed by atoms with van der Waals surface area (Å²) in [5.41, 5.74) is 5.08. The van der Waals surface area contributed by atoms with E-state index in [1.165, 1.54) is 0 Å². The lowest BCUT2D eigenvalue weighted by molar-refractivity contribution is 0.0756. The maximum atomic E-state index is 13.6. The molecule has 0 aromatic heterocycles. The van der Waals surface area contributed by atoms with Gasteiger partial charge in [-0.2, -0.15) is 0 Å². The average molecular weight is 319 g/mol. The number of aliphatic hydroxyl groups excluding tert-OH is 1. The van der Waals surface area contributed by atoms with Gasteiger partial charge in [-0.15, -0.1) is 11.6 Å². The van der Waals surface area contributed by atoms with Crippen molar-refractivity contribution >= 4 is 36.1 Å². The molecular formula is C8H11BrClFNO2P. The van der Waals surface area contributed by atoms with Crippen LogP contribution in [0.15, 0.2) is 22.1 Å². The van der Waals surface area contributed by atoms with Crippen LogP contribution in [0.25, 0.3) is 0 Å². The molecule has 1 aliphatic rings. The Morgan fingerprint density at radius 3 is 3.13 bits per heavy atom. The molecule has 0 amide bonds. The molecule has 0 aromatic carbocycles. The van der Waals surface area contributed by atoms with Crippen molar-refractivity contribution < 1.29 is 14.2 Å². The van der Waals surface area contributed by atoms with E-state index in [-0.39, 0.29) is 22.0 Å². The van der Waals surface area contributed by atoms with Crippen molar-refractivity contribution in [1.29, 1.82) is 0 Å². The molecule has 0 spiro atoms. The normalized spacial score (nSPS) is 26.2. The van der Waals surface area contributed by atoms with Gasteiger partial charge in [0.25, 0.3) is 0 Å². The Morgan fingerprint density at radius 1 is 1.87 bits per heavy atom. The molecule has 0 saturated carbocycles. The number of halogens is 3. The number of aliphatic hydroxyl groups is 1. The van der Waals surface area contributed by atoms with Crippen LogP contribution in [0.2, 0.25) is 0 Å². The third-order valence-corrected chi connectivity index (χ3v) is 4.90. The van der Waals surface area contributed by atoms with Crippen LogP contribution in [0.5, 0.6) is 0 Å². The van der Waals surface area contributed by atoms with Crippen molar-refractivity contribution in [3.63, 3.8) is 0 Å². The predicted octanol–water partition coefficient (Wildman–Crippen LogP) is 2.00. The first-order valence-electron chi connectivity index (χ1n) is 4.22. The van der Waals surface area contributed by atoms with Gasteiger partial charge in [-0.1, -0.05) is 24.5 Å². The molecule has 1 rings (SSSR count). The van der Waals surface area contributed by atoms with Gasteiger partial charge in [0.05, 0.1) is 9.60 Å². The summed E-state index contributed by atoms with van der Waals surface area (Å²) >= 11 is 8.98. The van der Waals surface area contributed by atoms with Crippen LogP contribution >= 0.6 is 36.1 Å². The van der Waals surface area contributed by atoms with Gasteiger partial charge in [-0.05, 0) is 12.2 Å². The van der Waals surface area contributed by atoms with Crippen molar-refractivity contribution in [3.8, 4) is 0 Å². The number of alkyl halides is 1. The van der Waals surface area contributed by atoms with E-state index in [4.69, 9.17) is 27.2 Å². The van der Waals surface area contributed by atoms with E-state index in [1.54, 1.807) is 6.08 Å². The van der Waals surface area contributed by atoms with Crippen molar-refractivity contribution in [2.24, 2.45) is 5.73 Å². The first-order chi connectivity index (χ1) is 7.02. The first-order valence-corrected chi connectivity index (χ1v) is 6.73. The average Bonchev–Trinajstić information content (AvgIpc) is 2.29. The van der Waals surface area contributed by atoms with E-state index >= 15 is 0 Å². The van der Waals surface area contributed by atoms with Crippen LogP contribution in [-0.4, -0.2) is 29.2 Å². The molecule has 1 aliphatic heterocycles. The largest absolute Gasteiger partial charge is 0.487 e. The second-order valence-corrected chi connectivity index (χ2v) is 5.93. The zero-order valence-corrected chi connectivity index (χ0v) is 11.1. The molecule has 7 heteroatoms. The van der Waals surface area contributed by atoms with Crippen LogP contribution in [0.3, 0.4) is 0 Å². The molecule has 0 aromatic rings. The summed E-state index contributed by atoms with van der Waals surface area (Å²) in [5, 5.41) is 8.45. The highest BCUT2D eigenvalue weighted by molar-refractivity contribution is 9.11. The molecule has 15 heavy (non-hydrogen) atoms. The van der Waals surface area contributed by atoms with Gasteiger partial charge in [0.1, 0.15) is 12.8 Å². The summed E-state index contributed by atoms with van der Waals surface area (Å²) in [6, 6.07) is 0. The Morgan fingerprint density at radius 2 is 2.53 bits per heavy atom. The lowest BCUT2D eigenvalue weighted by Gasteiger charge is -2.10. The SMILES string of the molecule is NC(O)COC1=CCPC(Cl)C(Br)=C1F. The monoisotopic (exact) mass is 317 g/mol. The van der Waals surface area contributed by atoms with Crippen LogP contribution < -0.4 is 5.73 Å². The number of rotatable bonds is 3. The fourth-order valence-electron chi connectivity index (χ4n) is 0.961. The summed E-state index contributed by atoms with van der Waals surface area (Å²) in [5.74, 6) is -0.442. The van der Waals surface area contributed by atoms with Crippen molar-refractivity contribution in [2.45, 2.75) is 11.3 Å². The Kier molecular flexibility index (Phi) is 5.50. The highest BCUT2D eigenvalue weighted by atomic mass is 79.9. The molecule has 86 valence electrons. The third-order valence-electron chi connectivity index (χ3n) is 1.64. The lowest BCUT2D eigenvalue weighted by atomic mass is 10.4. The van der Waals surface area contributed by atoms with Crippen LogP contribution in [0.4, 0.5) is 4.39 Å². The van der Waals surface area contributed by atoms with E-state index in [9.17, 15) is 4.39 Å². The predicted molar refractivity (Wildman–Crippen MR) is 64.1 cm³/mol. The van der Waals surface area contributed by atoms with Crippen LogP contribution in [0, 0.1) is 0 Å². The minimum atomic E-state index is -1.12. The molecule has 0 bridgehead atoms.